The number of unbranched alkanes of at least 4 members (excludes halogenated alkanes) is 18. The van der Waals surface area contributed by atoms with Crippen molar-refractivity contribution in [2.45, 2.75) is 277 Å². The van der Waals surface area contributed by atoms with Crippen LogP contribution >= 0.6 is 0 Å². The third-order valence-corrected chi connectivity index (χ3v) is 17.6. The molecule has 3 saturated carbocycles. The first-order chi connectivity index (χ1) is 29.9. The molecule has 0 bridgehead atoms. The summed E-state index contributed by atoms with van der Waals surface area (Å²) < 4.78 is 18.1. The summed E-state index contributed by atoms with van der Waals surface area (Å²) in [7, 11) is 0. The van der Waals surface area contributed by atoms with E-state index in [-0.39, 0.29) is 24.1 Å². The maximum Gasteiger partial charge on any atom is 0.305 e. The Kier molecular flexibility index (Phi) is 22.1. The summed E-state index contributed by atoms with van der Waals surface area (Å²) in [6.45, 7) is 14.6. The lowest BCUT2D eigenvalue weighted by molar-refractivity contribution is -0.313. The Morgan fingerprint density at radius 1 is 0.710 bits per heavy atom. The van der Waals surface area contributed by atoms with Crippen LogP contribution in [0, 0.1) is 46.3 Å². The zero-order valence-electron chi connectivity index (χ0n) is 41.1. The lowest BCUT2D eigenvalue weighted by Crippen LogP contribution is -2.60. The zero-order chi connectivity index (χ0) is 44.5. The third-order valence-electron chi connectivity index (χ3n) is 17.6. The Morgan fingerprint density at radius 2 is 1.31 bits per heavy atom. The van der Waals surface area contributed by atoms with Gasteiger partial charge in [-0.3, -0.25) is 4.79 Å². The van der Waals surface area contributed by atoms with Crippen LogP contribution in [0.15, 0.2) is 11.6 Å². The van der Waals surface area contributed by atoms with Crippen molar-refractivity contribution in [2.24, 2.45) is 46.3 Å². The smallest absolute Gasteiger partial charge is 0.305 e. The van der Waals surface area contributed by atoms with Gasteiger partial charge in [-0.1, -0.05) is 188 Å². The minimum absolute atomic E-state index is 0.137. The number of fused-ring (bicyclic) bond motifs is 5. The van der Waals surface area contributed by atoms with Gasteiger partial charge in [-0.05, 0) is 104 Å². The average Bonchev–Trinajstić information content (AvgIpc) is 3.61. The van der Waals surface area contributed by atoms with E-state index >= 15 is 0 Å². The molecule has 0 aromatic heterocycles. The van der Waals surface area contributed by atoms with Crippen LogP contribution in [0.25, 0.3) is 0 Å². The van der Waals surface area contributed by atoms with Gasteiger partial charge in [-0.2, -0.15) is 0 Å². The predicted octanol–water partition coefficient (Wildman–Crippen LogP) is 13.6. The molecule has 7 nitrogen and oxygen atoms in total. The van der Waals surface area contributed by atoms with E-state index in [0.29, 0.717) is 17.8 Å². The Morgan fingerprint density at radius 3 is 1.90 bits per heavy atom. The van der Waals surface area contributed by atoms with Crippen molar-refractivity contribution in [3.05, 3.63) is 11.6 Å². The van der Waals surface area contributed by atoms with Crippen molar-refractivity contribution >= 4 is 5.97 Å². The Hall–Kier alpha value is -0.990. The summed E-state index contributed by atoms with van der Waals surface area (Å²) in [5, 5.41) is 32.6. The van der Waals surface area contributed by atoms with Gasteiger partial charge in [0.05, 0.1) is 6.10 Å². The zero-order valence-corrected chi connectivity index (χ0v) is 41.1. The first-order valence-corrected chi connectivity index (χ1v) is 27.1. The first kappa shape index (κ1) is 52.0. The van der Waals surface area contributed by atoms with Crippen LogP contribution < -0.4 is 0 Å². The molecule has 0 aromatic rings. The Labute approximate surface area is 381 Å². The molecule has 4 fully saturated rings. The number of carbonyl (C=O) groups excluding carboxylic acids is 1. The van der Waals surface area contributed by atoms with Gasteiger partial charge in [0.15, 0.2) is 6.29 Å². The summed E-state index contributed by atoms with van der Waals surface area (Å²) in [5.74, 6) is 4.45. The second-order valence-electron chi connectivity index (χ2n) is 22.6. The quantitative estimate of drug-likeness (QED) is 0.0390. The number of ether oxygens (including phenoxy) is 3. The van der Waals surface area contributed by atoms with Crippen LogP contribution in [0.5, 0.6) is 0 Å². The van der Waals surface area contributed by atoms with Crippen LogP contribution in [0.3, 0.4) is 0 Å². The van der Waals surface area contributed by atoms with Gasteiger partial charge in [-0.15, -0.1) is 0 Å². The summed E-state index contributed by atoms with van der Waals surface area (Å²) in [6.07, 6.45) is 34.9. The molecule has 5 aliphatic rings. The van der Waals surface area contributed by atoms with Gasteiger partial charge < -0.3 is 29.5 Å². The van der Waals surface area contributed by atoms with Gasteiger partial charge in [0.1, 0.15) is 31.0 Å². The number of aliphatic hydroxyl groups excluding tert-OH is 3. The number of hydrogen-bond donors (Lipinski definition) is 3. The number of carbonyl (C=O) groups is 1. The van der Waals surface area contributed by atoms with Crippen molar-refractivity contribution in [1.82, 2.24) is 0 Å². The molecule has 62 heavy (non-hydrogen) atoms. The summed E-state index contributed by atoms with van der Waals surface area (Å²) >= 11 is 0. The van der Waals surface area contributed by atoms with Gasteiger partial charge in [-0.25, -0.2) is 0 Å². The molecule has 0 aromatic carbocycles. The predicted molar refractivity (Wildman–Crippen MR) is 254 cm³/mol. The van der Waals surface area contributed by atoms with E-state index in [9.17, 15) is 20.1 Å². The van der Waals surface area contributed by atoms with E-state index in [0.717, 1.165) is 74.5 Å². The average molecular weight is 871 g/mol. The fourth-order valence-electron chi connectivity index (χ4n) is 13.7. The molecule has 3 N–H and O–H groups in total. The second-order valence-corrected chi connectivity index (χ2v) is 22.6. The van der Waals surface area contributed by atoms with Crippen LogP contribution in [-0.2, 0) is 19.0 Å². The monoisotopic (exact) mass is 871 g/mol. The highest BCUT2D eigenvalue weighted by molar-refractivity contribution is 5.69. The van der Waals surface area contributed by atoms with Gasteiger partial charge in [0.2, 0.25) is 0 Å². The number of hydrogen-bond acceptors (Lipinski definition) is 7. The Balaban J connectivity index is 0.948. The van der Waals surface area contributed by atoms with Crippen LogP contribution in [0.2, 0.25) is 0 Å². The van der Waals surface area contributed by atoms with E-state index in [1.54, 1.807) is 0 Å². The number of esters is 1. The first-order valence-electron chi connectivity index (χ1n) is 27.1. The molecule has 4 aliphatic carbocycles. The summed E-state index contributed by atoms with van der Waals surface area (Å²) in [5.41, 5.74) is 2.15. The van der Waals surface area contributed by atoms with Crippen molar-refractivity contribution in [2.75, 3.05) is 6.61 Å². The van der Waals surface area contributed by atoms with Crippen molar-refractivity contribution in [3.8, 4) is 0 Å². The fourth-order valence-corrected chi connectivity index (χ4v) is 13.7. The Bertz CT molecular complexity index is 1300. The normalized spacial score (nSPS) is 35.0. The van der Waals surface area contributed by atoms with Crippen molar-refractivity contribution in [3.63, 3.8) is 0 Å². The molecule has 0 amide bonds. The maximum absolute atomic E-state index is 12.7. The standard InChI is InChI=1S/C55H98O7/c1-7-8-9-10-11-12-13-14-15-16-17-18-19-20-21-22-23-24-25-29-49(56)60-39-48-50(57)51(58)52(59)53(62-48)61-43-34-36-54(5)42(38-43)30-31-44-46-33-32-45(41(4)28-26-27-40(2)3)55(46,6)37-35-47(44)54/h30,40-41,43-48,50-53,57-59H,7-29,31-39H2,1-6H3/t41-,43+,44+,45-,46+,47+,48?,50-,51?,52?,53-,54+,55-/m1/s1. The molecule has 3 unspecified atom stereocenters. The maximum atomic E-state index is 12.7. The van der Waals surface area contributed by atoms with Gasteiger partial charge in [0.25, 0.3) is 0 Å². The van der Waals surface area contributed by atoms with Crippen LogP contribution in [0.1, 0.15) is 241 Å². The molecule has 0 radical (unpaired) electrons. The topological polar surface area (TPSA) is 105 Å². The number of allylic oxidation sites excluding steroid dienone is 1. The van der Waals surface area contributed by atoms with E-state index in [2.05, 4.69) is 47.6 Å². The highest BCUT2D eigenvalue weighted by Gasteiger charge is 2.59. The van der Waals surface area contributed by atoms with E-state index in [1.807, 2.05) is 0 Å². The van der Waals surface area contributed by atoms with Crippen molar-refractivity contribution in [1.29, 1.82) is 0 Å². The molecule has 5 rings (SSSR count). The third kappa shape index (κ3) is 14.5. The van der Waals surface area contributed by atoms with E-state index < -0.39 is 30.7 Å². The molecular formula is C55H98O7. The van der Waals surface area contributed by atoms with Gasteiger partial charge in [0, 0.05) is 6.42 Å². The molecule has 1 heterocycles. The fraction of sp³-hybridized carbons (Fsp3) is 0.945. The molecule has 1 saturated heterocycles. The highest BCUT2D eigenvalue weighted by atomic mass is 16.7. The minimum atomic E-state index is -1.44. The molecule has 1 aliphatic heterocycles. The lowest BCUT2D eigenvalue weighted by atomic mass is 9.47. The number of rotatable bonds is 29. The van der Waals surface area contributed by atoms with Crippen LogP contribution in [0.4, 0.5) is 0 Å². The van der Waals surface area contributed by atoms with E-state index in [4.69, 9.17) is 14.2 Å². The molecule has 360 valence electrons. The highest BCUT2D eigenvalue weighted by Crippen LogP contribution is 2.67. The van der Waals surface area contributed by atoms with Crippen LogP contribution in [-0.4, -0.2) is 64.7 Å². The largest absolute Gasteiger partial charge is 0.463 e. The van der Waals surface area contributed by atoms with E-state index in [1.165, 1.54) is 153 Å². The van der Waals surface area contributed by atoms with Gasteiger partial charge >= 0.3 is 5.97 Å². The minimum Gasteiger partial charge on any atom is -0.463 e. The molecule has 13 atom stereocenters. The lowest BCUT2D eigenvalue weighted by Gasteiger charge is -2.58. The summed E-state index contributed by atoms with van der Waals surface area (Å²) in [6, 6.07) is 0. The molecule has 7 heteroatoms. The SMILES string of the molecule is CCCCCCCCCCCCCCCCCCCCCC(=O)OCC1O[C@@H](O[C@H]2CC[C@@]3(C)C(=CC[C@H]4[C@@H]5CC[C@H]([C@H](C)CCCC(C)C)[C@@]5(C)CC[C@@H]43)C2)C(O)C(O)[C@@H]1O. The summed E-state index contributed by atoms with van der Waals surface area (Å²) in [4.78, 5) is 12.7. The van der Waals surface area contributed by atoms with Crippen molar-refractivity contribution < 1.29 is 34.3 Å². The number of aliphatic hydroxyl groups is 3. The molecule has 0 spiro atoms. The molecular weight excluding hydrogens is 773 g/mol. The second kappa shape index (κ2) is 26.4.